The number of fused-ring (bicyclic) bond motifs is 1. The van der Waals surface area contributed by atoms with Gasteiger partial charge in [-0.15, -0.1) is 11.8 Å². The number of hydrogen-bond donors (Lipinski definition) is 2. The number of rotatable bonds is 5. The van der Waals surface area contributed by atoms with E-state index in [0.29, 0.717) is 22.7 Å². The molecule has 0 fully saturated rings. The van der Waals surface area contributed by atoms with Crippen molar-refractivity contribution in [1.29, 1.82) is 0 Å². The molecule has 144 valence electrons. The normalized spacial score (nSPS) is 13.7. The molecule has 2 aromatic rings. The van der Waals surface area contributed by atoms with Gasteiger partial charge in [0.05, 0.1) is 17.0 Å². The number of hydrogen-bond acceptors (Lipinski definition) is 6. The number of ketones is 1. The Balaban J connectivity index is 1.64. The first kappa shape index (κ1) is 19.6. The maximum atomic E-state index is 12.4. The number of carbonyl (C=O) groups is 4. The van der Waals surface area contributed by atoms with Crippen LogP contribution >= 0.6 is 11.8 Å². The SMILES string of the molecule is CC(=O)c1cccc(NC(=O)C(C)OC(=O)c2ccc3c(c2)NC(=O)CS3)c1. The largest absolute Gasteiger partial charge is 0.449 e. The lowest BCUT2D eigenvalue weighted by molar-refractivity contribution is -0.123. The molecule has 0 aromatic heterocycles. The van der Waals surface area contributed by atoms with Crippen LogP contribution in [-0.2, 0) is 14.3 Å². The summed E-state index contributed by atoms with van der Waals surface area (Å²) in [4.78, 5) is 48.5. The molecule has 0 saturated carbocycles. The van der Waals surface area contributed by atoms with Crippen LogP contribution in [0.15, 0.2) is 47.4 Å². The highest BCUT2D eigenvalue weighted by molar-refractivity contribution is 8.00. The van der Waals surface area contributed by atoms with E-state index in [9.17, 15) is 19.2 Å². The molecule has 28 heavy (non-hydrogen) atoms. The molecule has 2 amide bonds. The maximum Gasteiger partial charge on any atom is 0.338 e. The monoisotopic (exact) mass is 398 g/mol. The van der Waals surface area contributed by atoms with Crippen LogP contribution in [-0.4, -0.2) is 35.4 Å². The van der Waals surface area contributed by atoms with Crippen LogP contribution in [0.1, 0.15) is 34.6 Å². The highest BCUT2D eigenvalue weighted by Crippen LogP contribution is 2.32. The lowest BCUT2D eigenvalue weighted by Crippen LogP contribution is -2.30. The molecular formula is C20H18N2O5S. The van der Waals surface area contributed by atoms with E-state index in [1.54, 1.807) is 36.4 Å². The quantitative estimate of drug-likeness (QED) is 0.593. The second kappa shape index (κ2) is 8.26. The van der Waals surface area contributed by atoms with Crippen molar-refractivity contribution in [2.75, 3.05) is 16.4 Å². The average Bonchev–Trinajstić information content (AvgIpc) is 2.67. The number of anilines is 2. The van der Waals surface area contributed by atoms with Gasteiger partial charge < -0.3 is 15.4 Å². The summed E-state index contributed by atoms with van der Waals surface area (Å²) in [7, 11) is 0. The lowest BCUT2D eigenvalue weighted by atomic mass is 10.1. The third kappa shape index (κ3) is 4.58. The Labute approximate surface area is 165 Å². The molecule has 1 aliphatic heterocycles. The number of carbonyl (C=O) groups excluding carboxylic acids is 4. The highest BCUT2D eigenvalue weighted by atomic mass is 32.2. The van der Waals surface area contributed by atoms with Gasteiger partial charge in [-0.2, -0.15) is 0 Å². The van der Waals surface area contributed by atoms with E-state index in [4.69, 9.17) is 4.74 Å². The Morgan fingerprint density at radius 2 is 1.93 bits per heavy atom. The number of benzene rings is 2. The molecule has 0 saturated heterocycles. The van der Waals surface area contributed by atoms with Crippen LogP contribution in [0, 0.1) is 0 Å². The van der Waals surface area contributed by atoms with E-state index in [2.05, 4.69) is 10.6 Å². The van der Waals surface area contributed by atoms with E-state index in [1.165, 1.54) is 31.7 Å². The van der Waals surface area contributed by atoms with E-state index < -0.39 is 18.0 Å². The van der Waals surface area contributed by atoms with Crippen molar-refractivity contribution in [1.82, 2.24) is 0 Å². The molecule has 7 nitrogen and oxygen atoms in total. The van der Waals surface area contributed by atoms with Gasteiger partial charge in [0.2, 0.25) is 5.91 Å². The third-order valence-corrected chi connectivity index (χ3v) is 5.11. The summed E-state index contributed by atoms with van der Waals surface area (Å²) in [6, 6.07) is 11.3. The standard InChI is InChI=1S/C20H18N2O5S/c1-11(23)13-4-3-5-15(8-13)21-19(25)12(2)27-20(26)14-6-7-17-16(9-14)22-18(24)10-28-17/h3-9,12H,10H2,1-2H3,(H,21,25)(H,22,24). The zero-order valence-corrected chi connectivity index (χ0v) is 16.1. The summed E-state index contributed by atoms with van der Waals surface area (Å²) in [5.74, 6) is -1.11. The molecule has 0 bridgehead atoms. The second-order valence-electron chi connectivity index (χ2n) is 6.22. The first-order valence-corrected chi connectivity index (χ1v) is 9.51. The van der Waals surface area contributed by atoms with Gasteiger partial charge in [0.25, 0.3) is 5.91 Å². The minimum atomic E-state index is -1.05. The Hall–Kier alpha value is -3.13. The number of nitrogens with one attached hydrogen (secondary N) is 2. The fourth-order valence-electron chi connectivity index (χ4n) is 2.55. The number of Topliss-reactive ketones (excluding diaryl/α,β-unsaturated/α-hetero) is 1. The predicted octanol–water partition coefficient (Wildman–Crippen LogP) is 3.12. The zero-order valence-electron chi connectivity index (χ0n) is 15.3. The second-order valence-corrected chi connectivity index (χ2v) is 7.24. The van der Waals surface area contributed by atoms with Crippen molar-refractivity contribution in [3.05, 3.63) is 53.6 Å². The van der Waals surface area contributed by atoms with Crippen molar-refractivity contribution in [2.45, 2.75) is 24.8 Å². The number of amides is 2. The zero-order chi connectivity index (χ0) is 20.3. The van der Waals surface area contributed by atoms with Gasteiger partial charge in [-0.05, 0) is 44.2 Å². The van der Waals surface area contributed by atoms with Gasteiger partial charge in [-0.25, -0.2) is 4.79 Å². The molecule has 1 heterocycles. The minimum absolute atomic E-state index is 0.117. The van der Waals surface area contributed by atoms with Crippen molar-refractivity contribution < 1.29 is 23.9 Å². The molecule has 3 rings (SSSR count). The third-order valence-electron chi connectivity index (χ3n) is 4.04. The summed E-state index contributed by atoms with van der Waals surface area (Å²) in [5, 5.41) is 5.32. The molecule has 1 aliphatic rings. The van der Waals surface area contributed by atoms with Gasteiger partial charge in [-0.3, -0.25) is 14.4 Å². The Morgan fingerprint density at radius 1 is 1.14 bits per heavy atom. The van der Waals surface area contributed by atoms with Gasteiger partial charge in [0.15, 0.2) is 11.9 Å². The Bertz CT molecular complexity index is 973. The number of ether oxygens (including phenoxy) is 1. The molecule has 1 atom stereocenters. The van der Waals surface area contributed by atoms with Crippen molar-refractivity contribution in [2.24, 2.45) is 0 Å². The topological polar surface area (TPSA) is 102 Å². The first-order chi connectivity index (χ1) is 13.3. The van der Waals surface area contributed by atoms with Gasteiger partial charge in [-0.1, -0.05) is 12.1 Å². The van der Waals surface area contributed by atoms with Gasteiger partial charge in [0.1, 0.15) is 0 Å². The molecule has 0 aliphatic carbocycles. The van der Waals surface area contributed by atoms with Crippen molar-refractivity contribution in [3.8, 4) is 0 Å². The van der Waals surface area contributed by atoms with Crippen LogP contribution in [0.5, 0.6) is 0 Å². The molecule has 1 unspecified atom stereocenters. The molecule has 0 spiro atoms. The molecule has 0 radical (unpaired) electrons. The van der Waals surface area contributed by atoms with E-state index in [1.807, 2.05) is 0 Å². The smallest absolute Gasteiger partial charge is 0.338 e. The average molecular weight is 398 g/mol. The van der Waals surface area contributed by atoms with Crippen LogP contribution in [0.2, 0.25) is 0 Å². The van der Waals surface area contributed by atoms with Crippen molar-refractivity contribution >= 4 is 46.7 Å². The van der Waals surface area contributed by atoms with E-state index in [-0.39, 0.29) is 17.3 Å². The van der Waals surface area contributed by atoms with E-state index >= 15 is 0 Å². The summed E-state index contributed by atoms with van der Waals surface area (Å²) in [6.45, 7) is 2.89. The fraction of sp³-hybridized carbons (Fsp3) is 0.200. The number of esters is 1. The van der Waals surface area contributed by atoms with Gasteiger partial charge >= 0.3 is 5.97 Å². The van der Waals surface area contributed by atoms with Crippen LogP contribution in [0.4, 0.5) is 11.4 Å². The molecule has 2 aromatic carbocycles. The van der Waals surface area contributed by atoms with Crippen LogP contribution in [0.3, 0.4) is 0 Å². The summed E-state index contributed by atoms with van der Waals surface area (Å²) >= 11 is 1.39. The summed E-state index contributed by atoms with van der Waals surface area (Å²) < 4.78 is 5.23. The Kier molecular flexibility index (Phi) is 5.79. The minimum Gasteiger partial charge on any atom is -0.449 e. The van der Waals surface area contributed by atoms with Crippen LogP contribution < -0.4 is 10.6 Å². The Morgan fingerprint density at radius 3 is 2.68 bits per heavy atom. The maximum absolute atomic E-state index is 12.4. The predicted molar refractivity (Wildman–Crippen MR) is 106 cm³/mol. The van der Waals surface area contributed by atoms with E-state index in [0.717, 1.165) is 4.90 Å². The fourth-order valence-corrected chi connectivity index (χ4v) is 3.34. The lowest BCUT2D eigenvalue weighted by Gasteiger charge is -2.18. The molecular weight excluding hydrogens is 380 g/mol. The first-order valence-electron chi connectivity index (χ1n) is 8.53. The summed E-state index contributed by atoms with van der Waals surface area (Å²) in [6.07, 6.45) is -1.05. The highest BCUT2D eigenvalue weighted by Gasteiger charge is 2.22. The van der Waals surface area contributed by atoms with Gasteiger partial charge in [0, 0.05) is 16.1 Å². The van der Waals surface area contributed by atoms with Crippen molar-refractivity contribution in [3.63, 3.8) is 0 Å². The summed E-state index contributed by atoms with van der Waals surface area (Å²) in [5.41, 5.74) is 1.69. The molecule has 8 heteroatoms. The van der Waals surface area contributed by atoms with Crippen LogP contribution in [0.25, 0.3) is 0 Å². The molecule has 2 N–H and O–H groups in total. The number of thioether (sulfide) groups is 1.